The van der Waals surface area contributed by atoms with Gasteiger partial charge in [0.2, 0.25) is 0 Å². The van der Waals surface area contributed by atoms with E-state index in [0.29, 0.717) is 5.92 Å². The van der Waals surface area contributed by atoms with Crippen LogP contribution in [0.5, 0.6) is 0 Å². The van der Waals surface area contributed by atoms with Crippen LogP contribution in [0.25, 0.3) is 70.9 Å². The summed E-state index contributed by atoms with van der Waals surface area (Å²) >= 11 is 0. The van der Waals surface area contributed by atoms with Gasteiger partial charge in [-0.1, -0.05) is 146 Å². The van der Waals surface area contributed by atoms with Crippen LogP contribution in [-0.2, 0) is 0 Å². The summed E-state index contributed by atoms with van der Waals surface area (Å²) in [6.07, 6.45) is 9.92. The normalized spacial score (nSPS) is 14.0. The minimum atomic E-state index is 0.353. The third-order valence-electron chi connectivity index (χ3n) is 11.6. The topological polar surface area (TPSA) is 8.17 Å². The van der Waals surface area contributed by atoms with Crippen LogP contribution in [0.15, 0.2) is 212 Å². The maximum Gasteiger partial charge on any atom is 0.0547 e. The van der Waals surface area contributed by atoms with Gasteiger partial charge in [0.15, 0.2) is 0 Å². The van der Waals surface area contributed by atoms with Crippen molar-refractivity contribution in [2.75, 3.05) is 4.90 Å². The Hall–Kier alpha value is -7.16. The molecule has 264 valence electrons. The smallest absolute Gasteiger partial charge is 0.0547 e. The Morgan fingerprint density at radius 1 is 0.446 bits per heavy atom. The lowest BCUT2D eigenvalue weighted by molar-refractivity contribution is 0.853. The summed E-state index contributed by atoms with van der Waals surface area (Å²) in [7, 11) is 0. The number of allylic oxidation sites excluding steroid dienone is 4. The van der Waals surface area contributed by atoms with Gasteiger partial charge in [-0.15, -0.1) is 0 Å². The van der Waals surface area contributed by atoms with Crippen molar-refractivity contribution < 1.29 is 0 Å². The van der Waals surface area contributed by atoms with Crippen molar-refractivity contribution in [3.05, 3.63) is 218 Å². The molecule has 56 heavy (non-hydrogen) atoms. The van der Waals surface area contributed by atoms with Gasteiger partial charge in [-0.2, -0.15) is 0 Å². The highest BCUT2D eigenvalue weighted by Crippen LogP contribution is 2.44. The molecule has 11 rings (SSSR count). The van der Waals surface area contributed by atoms with E-state index in [-0.39, 0.29) is 0 Å². The highest BCUT2D eigenvalue weighted by molar-refractivity contribution is 6.19. The van der Waals surface area contributed by atoms with Crippen LogP contribution in [-0.4, -0.2) is 4.57 Å². The highest BCUT2D eigenvalue weighted by atomic mass is 15.1. The summed E-state index contributed by atoms with van der Waals surface area (Å²) in [5.74, 6) is 0.353. The maximum absolute atomic E-state index is 2.44. The quantitative estimate of drug-likeness (QED) is 0.156. The van der Waals surface area contributed by atoms with E-state index in [0.717, 1.165) is 29.2 Å². The largest absolute Gasteiger partial charge is 0.310 e. The molecule has 2 heteroatoms. The molecule has 0 radical (unpaired) electrons. The molecule has 1 atom stereocenters. The van der Waals surface area contributed by atoms with Crippen molar-refractivity contribution in [1.82, 2.24) is 4.57 Å². The van der Waals surface area contributed by atoms with Crippen molar-refractivity contribution >= 4 is 71.2 Å². The van der Waals surface area contributed by atoms with Gasteiger partial charge >= 0.3 is 0 Å². The van der Waals surface area contributed by atoms with Gasteiger partial charge in [0.05, 0.1) is 11.0 Å². The number of fused-ring (bicyclic) bond motifs is 7. The first-order valence-electron chi connectivity index (χ1n) is 19.5. The van der Waals surface area contributed by atoms with Crippen LogP contribution >= 0.6 is 0 Å². The molecule has 0 saturated heterocycles. The van der Waals surface area contributed by atoms with Crippen LogP contribution in [0.4, 0.5) is 17.1 Å². The van der Waals surface area contributed by atoms with Crippen molar-refractivity contribution in [1.29, 1.82) is 0 Å². The first-order chi connectivity index (χ1) is 27.8. The number of benzene rings is 9. The monoisotopic (exact) mass is 714 g/mol. The Labute approximate surface area is 326 Å². The Morgan fingerprint density at radius 3 is 2.02 bits per heavy atom. The second-order valence-corrected chi connectivity index (χ2v) is 14.9. The van der Waals surface area contributed by atoms with Gasteiger partial charge < -0.3 is 9.47 Å². The van der Waals surface area contributed by atoms with E-state index in [1.165, 1.54) is 70.8 Å². The molecule has 0 amide bonds. The molecule has 10 aromatic rings. The van der Waals surface area contributed by atoms with Crippen molar-refractivity contribution in [2.24, 2.45) is 0 Å². The molecule has 0 spiro atoms. The van der Waals surface area contributed by atoms with Gasteiger partial charge in [-0.3, -0.25) is 0 Å². The molecule has 0 bridgehead atoms. The van der Waals surface area contributed by atoms with E-state index in [1.807, 2.05) is 0 Å². The Kier molecular flexibility index (Phi) is 7.67. The van der Waals surface area contributed by atoms with Gasteiger partial charge in [-0.25, -0.2) is 0 Å². The second kappa shape index (κ2) is 13.3. The van der Waals surface area contributed by atoms with E-state index >= 15 is 0 Å². The number of hydrogen-bond acceptors (Lipinski definition) is 1. The predicted octanol–water partition coefficient (Wildman–Crippen LogP) is 15.0. The summed E-state index contributed by atoms with van der Waals surface area (Å²) < 4.78 is 2.43. The number of aromatic nitrogens is 1. The zero-order chi connectivity index (χ0) is 37.0. The third kappa shape index (κ3) is 5.41. The van der Waals surface area contributed by atoms with Crippen molar-refractivity contribution in [3.8, 4) is 16.8 Å². The number of hydrogen-bond donors (Lipinski definition) is 0. The van der Waals surface area contributed by atoms with Crippen molar-refractivity contribution in [3.63, 3.8) is 0 Å². The number of anilines is 3. The van der Waals surface area contributed by atoms with E-state index in [4.69, 9.17) is 0 Å². The SMILES string of the molecule is C1=CCC(c2cccc(N(c3cccc(-c4cccc5c4c4cc6ccccc6cc4n5-c4ccccc4)c3)c3ccc4c(ccc5ccccc54)c3)c2)C=C1. The van der Waals surface area contributed by atoms with Gasteiger partial charge in [0, 0.05) is 39.4 Å². The van der Waals surface area contributed by atoms with Crippen LogP contribution in [0.3, 0.4) is 0 Å². The highest BCUT2D eigenvalue weighted by Gasteiger charge is 2.20. The Balaban J connectivity index is 1.12. The molecular weight excluding hydrogens is 677 g/mol. The van der Waals surface area contributed by atoms with E-state index in [9.17, 15) is 0 Å². The first-order valence-corrected chi connectivity index (χ1v) is 19.5. The molecule has 2 nitrogen and oxygen atoms in total. The maximum atomic E-state index is 2.44. The molecule has 0 saturated carbocycles. The molecule has 0 aliphatic heterocycles. The standard InChI is InChI=1S/C54H38N2/c1-3-14-37(15-4-1)39-19-11-23-45(32-39)55(47-30-31-49-43(34-47)29-28-38-16-9-10-25-48(38)49)46-24-12-20-42(33-46)50-26-13-27-52-54(50)51-35-40-17-7-8-18-41(40)36-53(51)56(52)44-21-5-2-6-22-44/h1-14,16-37H,15H2. The molecule has 0 fully saturated rings. The zero-order valence-corrected chi connectivity index (χ0v) is 30.9. The average Bonchev–Trinajstić information content (AvgIpc) is 3.59. The molecule has 1 unspecified atom stereocenters. The zero-order valence-electron chi connectivity index (χ0n) is 30.9. The van der Waals surface area contributed by atoms with Crippen LogP contribution in [0.1, 0.15) is 17.9 Å². The molecule has 1 aliphatic carbocycles. The Morgan fingerprint density at radius 2 is 1.16 bits per heavy atom. The number of rotatable bonds is 6. The molecule has 1 heterocycles. The fourth-order valence-corrected chi connectivity index (χ4v) is 8.97. The lowest BCUT2D eigenvalue weighted by Crippen LogP contribution is -2.11. The fourth-order valence-electron chi connectivity index (χ4n) is 8.97. The van der Waals surface area contributed by atoms with Gasteiger partial charge in [-0.05, 0) is 122 Å². The molecule has 0 N–H and O–H groups in total. The summed E-state index contributed by atoms with van der Waals surface area (Å²) in [6.45, 7) is 0. The predicted molar refractivity (Wildman–Crippen MR) is 239 cm³/mol. The van der Waals surface area contributed by atoms with Crippen LogP contribution in [0.2, 0.25) is 0 Å². The van der Waals surface area contributed by atoms with E-state index < -0.39 is 0 Å². The summed E-state index contributed by atoms with van der Waals surface area (Å²) in [5, 5.41) is 10.0. The fraction of sp³-hybridized carbons (Fsp3) is 0.0370. The molecular formula is C54H38N2. The lowest BCUT2D eigenvalue weighted by atomic mass is 9.92. The average molecular weight is 715 g/mol. The first kappa shape index (κ1) is 32.3. The van der Waals surface area contributed by atoms with Gasteiger partial charge in [0.25, 0.3) is 0 Å². The Bertz CT molecular complexity index is 3180. The number of nitrogens with zero attached hydrogens (tertiary/aromatic N) is 2. The molecule has 1 aromatic heterocycles. The summed E-state index contributed by atoms with van der Waals surface area (Å²) in [5.41, 5.74) is 10.7. The number of para-hydroxylation sites is 1. The van der Waals surface area contributed by atoms with Crippen molar-refractivity contribution in [2.45, 2.75) is 12.3 Å². The lowest BCUT2D eigenvalue weighted by Gasteiger charge is -2.27. The third-order valence-corrected chi connectivity index (χ3v) is 11.6. The van der Waals surface area contributed by atoms with Crippen LogP contribution in [0, 0.1) is 0 Å². The van der Waals surface area contributed by atoms with E-state index in [1.54, 1.807) is 0 Å². The van der Waals surface area contributed by atoms with Gasteiger partial charge in [0.1, 0.15) is 0 Å². The summed E-state index contributed by atoms with van der Waals surface area (Å²) in [4.78, 5) is 2.44. The van der Waals surface area contributed by atoms with E-state index in [2.05, 4.69) is 222 Å². The minimum absolute atomic E-state index is 0.353. The second-order valence-electron chi connectivity index (χ2n) is 14.9. The molecule has 1 aliphatic rings. The summed E-state index contributed by atoms with van der Waals surface area (Å²) in [6, 6.07) is 69.3. The molecule has 9 aromatic carbocycles. The minimum Gasteiger partial charge on any atom is -0.310 e. The van der Waals surface area contributed by atoms with Crippen LogP contribution < -0.4 is 4.90 Å².